The van der Waals surface area contributed by atoms with Gasteiger partial charge in [-0.3, -0.25) is 14.8 Å². The van der Waals surface area contributed by atoms with Gasteiger partial charge in [-0.15, -0.1) is 0 Å². The molecule has 8 nitrogen and oxygen atoms in total. The highest BCUT2D eigenvalue weighted by Crippen LogP contribution is 2.18. The van der Waals surface area contributed by atoms with E-state index in [1.54, 1.807) is 24.4 Å². The minimum absolute atomic E-state index is 0.0563. The molecule has 9 heteroatoms. The van der Waals surface area contributed by atoms with Gasteiger partial charge < -0.3 is 9.64 Å². The minimum atomic E-state index is -3.10. The molecule has 138 valence electrons. The number of carbonyl (C=O) groups excluding carboxylic acids is 2. The third-order valence-electron chi connectivity index (χ3n) is 4.44. The molecule has 2 aromatic rings. The molecular formula is C17H19N3O5S. The molecule has 0 unspecified atom stereocenters. The number of esters is 1. The Morgan fingerprint density at radius 3 is 2.58 bits per heavy atom. The Hall–Kier alpha value is -2.55. The number of carbonyl (C=O) groups is 2. The van der Waals surface area contributed by atoms with Crippen LogP contribution in [0.2, 0.25) is 0 Å². The molecule has 2 atom stereocenters. The number of aromatic nitrogens is 2. The summed E-state index contributed by atoms with van der Waals surface area (Å²) in [6, 6.07) is 4.38. The Morgan fingerprint density at radius 1 is 1.23 bits per heavy atom. The van der Waals surface area contributed by atoms with E-state index in [0.29, 0.717) is 17.5 Å². The van der Waals surface area contributed by atoms with Crippen LogP contribution in [-0.4, -0.2) is 65.9 Å². The van der Waals surface area contributed by atoms with Crippen molar-refractivity contribution in [3.05, 3.63) is 36.2 Å². The van der Waals surface area contributed by atoms with Gasteiger partial charge in [0, 0.05) is 25.5 Å². The second-order valence-corrected chi connectivity index (χ2v) is 8.54. The van der Waals surface area contributed by atoms with E-state index in [2.05, 4.69) is 9.97 Å². The Labute approximate surface area is 151 Å². The number of hydrogen-bond donors (Lipinski definition) is 0. The molecule has 0 aliphatic carbocycles. The summed E-state index contributed by atoms with van der Waals surface area (Å²) in [5.74, 6) is -1.06. The lowest BCUT2D eigenvalue weighted by Gasteiger charge is -2.26. The van der Waals surface area contributed by atoms with Gasteiger partial charge in [0.25, 0.3) is 5.91 Å². The summed E-state index contributed by atoms with van der Waals surface area (Å²) in [5.41, 5.74) is 1.47. The van der Waals surface area contributed by atoms with Crippen molar-refractivity contribution in [2.24, 2.45) is 0 Å². The first-order valence-corrected chi connectivity index (χ1v) is 9.98. The van der Waals surface area contributed by atoms with Gasteiger partial charge >= 0.3 is 5.97 Å². The molecule has 2 heterocycles. The van der Waals surface area contributed by atoms with Crippen molar-refractivity contribution >= 4 is 32.7 Å². The van der Waals surface area contributed by atoms with Crippen molar-refractivity contribution in [1.82, 2.24) is 14.9 Å². The predicted octanol–water partition coefficient (Wildman–Crippen LogP) is 0.821. The van der Waals surface area contributed by atoms with Crippen LogP contribution in [0.25, 0.3) is 11.0 Å². The molecule has 1 amide bonds. The zero-order chi connectivity index (χ0) is 18.9. The van der Waals surface area contributed by atoms with Crippen molar-refractivity contribution in [2.45, 2.75) is 25.5 Å². The quantitative estimate of drug-likeness (QED) is 0.726. The average Bonchev–Trinajstić information content (AvgIpc) is 2.99. The zero-order valence-corrected chi connectivity index (χ0v) is 15.3. The Balaban J connectivity index is 1.66. The minimum Gasteiger partial charge on any atom is -0.449 e. The van der Waals surface area contributed by atoms with Gasteiger partial charge in [-0.05, 0) is 31.5 Å². The lowest BCUT2D eigenvalue weighted by molar-refractivity contribution is -0.140. The molecule has 1 aliphatic rings. The molecular weight excluding hydrogens is 358 g/mol. The normalized spacial score (nSPS) is 19.8. The van der Waals surface area contributed by atoms with Gasteiger partial charge in [0.2, 0.25) is 0 Å². The van der Waals surface area contributed by atoms with Gasteiger partial charge in [0.05, 0.1) is 28.1 Å². The summed E-state index contributed by atoms with van der Waals surface area (Å²) >= 11 is 0. The van der Waals surface area contributed by atoms with E-state index in [4.69, 9.17) is 4.74 Å². The lowest BCUT2D eigenvalue weighted by atomic mass is 10.2. The fourth-order valence-electron chi connectivity index (χ4n) is 2.92. The van der Waals surface area contributed by atoms with Gasteiger partial charge in [0.1, 0.15) is 0 Å². The van der Waals surface area contributed by atoms with Crippen LogP contribution in [0.4, 0.5) is 0 Å². The highest BCUT2D eigenvalue weighted by atomic mass is 32.2. The highest BCUT2D eigenvalue weighted by molar-refractivity contribution is 7.91. The second kappa shape index (κ2) is 6.99. The number of amides is 1. The summed E-state index contributed by atoms with van der Waals surface area (Å²) < 4.78 is 28.4. The third kappa shape index (κ3) is 3.82. The van der Waals surface area contributed by atoms with E-state index in [-0.39, 0.29) is 23.1 Å². The SMILES string of the molecule is C[C@@H](OC(=O)c1ccc2nccnc2c1)C(=O)N(C)[C@@H]1CCS(=O)(=O)C1. The lowest BCUT2D eigenvalue weighted by Crippen LogP contribution is -2.44. The molecule has 3 rings (SSSR count). The van der Waals surface area contributed by atoms with E-state index >= 15 is 0 Å². The van der Waals surface area contributed by atoms with E-state index < -0.39 is 27.8 Å². The fraction of sp³-hybridized carbons (Fsp3) is 0.412. The van der Waals surface area contributed by atoms with E-state index in [1.807, 2.05) is 0 Å². The Kier molecular flexibility index (Phi) is 4.90. The molecule has 0 N–H and O–H groups in total. The first-order valence-electron chi connectivity index (χ1n) is 8.16. The van der Waals surface area contributed by atoms with Crippen LogP contribution in [0.5, 0.6) is 0 Å². The highest BCUT2D eigenvalue weighted by Gasteiger charge is 2.35. The summed E-state index contributed by atoms with van der Waals surface area (Å²) in [5, 5.41) is 0. The maximum Gasteiger partial charge on any atom is 0.338 e. The topological polar surface area (TPSA) is 107 Å². The maximum absolute atomic E-state index is 12.5. The predicted molar refractivity (Wildman–Crippen MR) is 94.2 cm³/mol. The molecule has 1 aromatic carbocycles. The first kappa shape index (κ1) is 18.2. The van der Waals surface area contributed by atoms with Crippen LogP contribution < -0.4 is 0 Å². The van der Waals surface area contributed by atoms with Crippen molar-refractivity contribution < 1.29 is 22.7 Å². The van der Waals surface area contributed by atoms with Gasteiger partial charge in [-0.25, -0.2) is 13.2 Å². The van der Waals surface area contributed by atoms with Crippen molar-refractivity contribution in [2.75, 3.05) is 18.6 Å². The number of ether oxygens (including phenoxy) is 1. The van der Waals surface area contributed by atoms with E-state index in [1.165, 1.54) is 25.1 Å². The monoisotopic (exact) mass is 377 g/mol. The molecule has 1 aromatic heterocycles. The summed E-state index contributed by atoms with van der Waals surface area (Å²) in [4.78, 5) is 34.4. The standard InChI is InChI=1S/C17H19N3O5S/c1-11(16(21)20(2)13-5-8-26(23,24)10-13)25-17(22)12-3-4-14-15(9-12)19-7-6-18-14/h3-4,6-7,9,11,13H,5,8,10H2,1-2H3/t11-,13-/m1/s1. The van der Waals surface area contributed by atoms with Crippen LogP contribution in [0.3, 0.4) is 0 Å². The average molecular weight is 377 g/mol. The van der Waals surface area contributed by atoms with Crippen LogP contribution in [-0.2, 0) is 19.4 Å². The van der Waals surface area contributed by atoms with Crippen LogP contribution in [0.1, 0.15) is 23.7 Å². The summed E-state index contributed by atoms with van der Waals surface area (Å²) in [6.45, 7) is 1.47. The fourth-order valence-corrected chi connectivity index (χ4v) is 4.69. The van der Waals surface area contributed by atoms with Crippen molar-refractivity contribution in [3.8, 4) is 0 Å². The number of likely N-dealkylation sites (N-methyl/N-ethyl adjacent to an activating group) is 1. The summed E-state index contributed by atoms with van der Waals surface area (Å²) in [6.07, 6.45) is 2.46. The number of rotatable bonds is 4. The molecule has 1 fully saturated rings. The Bertz CT molecular complexity index is 960. The number of fused-ring (bicyclic) bond motifs is 1. The molecule has 0 bridgehead atoms. The third-order valence-corrected chi connectivity index (χ3v) is 6.19. The van der Waals surface area contributed by atoms with Crippen molar-refractivity contribution in [3.63, 3.8) is 0 Å². The van der Waals surface area contributed by atoms with Crippen LogP contribution in [0.15, 0.2) is 30.6 Å². The van der Waals surface area contributed by atoms with Crippen molar-refractivity contribution in [1.29, 1.82) is 0 Å². The van der Waals surface area contributed by atoms with Gasteiger partial charge in [-0.1, -0.05) is 0 Å². The molecule has 1 aliphatic heterocycles. The molecule has 0 radical (unpaired) electrons. The molecule has 1 saturated heterocycles. The van der Waals surface area contributed by atoms with Gasteiger partial charge in [0.15, 0.2) is 15.9 Å². The number of benzene rings is 1. The smallest absolute Gasteiger partial charge is 0.338 e. The van der Waals surface area contributed by atoms with Gasteiger partial charge in [-0.2, -0.15) is 0 Å². The number of hydrogen-bond acceptors (Lipinski definition) is 7. The molecule has 0 saturated carbocycles. The zero-order valence-electron chi connectivity index (χ0n) is 14.5. The number of nitrogens with zero attached hydrogens (tertiary/aromatic N) is 3. The number of sulfone groups is 1. The molecule has 26 heavy (non-hydrogen) atoms. The Morgan fingerprint density at radius 2 is 1.92 bits per heavy atom. The molecule has 0 spiro atoms. The van der Waals surface area contributed by atoms with Crippen LogP contribution in [0, 0.1) is 0 Å². The van der Waals surface area contributed by atoms with Crippen LogP contribution >= 0.6 is 0 Å². The largest absolute Gasteiger partial charge is 0.449 e. The summed E-state index contributed by atoms with van der Waals surface area (Å²) in [7, 11) is -1.57. The van der Waals surface area contributed by atoms with E-state index in [9.17, 15) is 18.0 Å². The second-order valence-electron chi connectivity index (χ2n) is 6.31. The first-order chi connectivity index (χ1) is 12.3. The van der Waals surface area contributed by atoms with E-state index in [0.717, 1.165) is 0 Å². The maximum atomic E-state index is 12.5.